The number of anilines is 2. The standard InChI is InChI=1S/C11H18N4O4S/c1-11(2,15-20(3,18)19)6-14-9-4-7(10(16)17)8(12)5-13-9/h4-5,15H,6,12H2,1-3H3,(H,13,14)(H,16,17). The predicted molar refractivity (Wildman–Crippen MR) is 76.2 cm³/mol. The molecule has 1 rings (SSSR count). The summed E-state index contributed by atoms with van der Waals surface area (Å²) < 4.78 is 24.9. The van der Waals surface area contributed by atoms with Crippen LogP contribution in [-0.4, -0.2) is 42.8 Å². The molecule has 5 N–H and O–H groups in total. The Bertz CT molecular complexity index is 613. The van der Waals surface area contributed by atoms with Crippen LogP contribution in [0.2, 0.25) is 0 Å². The van der Waals surface area contributed by atoms with Crippen LogP contribution < -0.4 is 15.8 Å². The number of nitrogen functional groups attached to an aromatic ring is 1. The van der Waals surface area contributed by atoms with Gasteiger partial charge in [0.05, 0.1) is 23.7 Å². The fourth-order valence-electron chi connectivity index (χ4n) is 1.60. The van der Waals surface area contributed by atoms with Crippen molar-refractivity contribution >= 4 is 27.5 Å². The summed E-state index contributed by atoms with van der Waals surface area (Å²) in [6, 6.07) is 1.30. The van der Waals surface area contributed by atoms with Crippen LogP contribution in [0.15, 0.2) is 12.3 Å². The molecule has 0 atom stereocenters. The van der Waals surface area contributed by atoms with Gasteiger partial charge in [-0.15, -0.1) is 0 Å². The summed E-state index contributed by atoms with van der Waals surface area (Å²) in [5.41, 5.74) is 4.75. The highest BCUT2D eigenvalue weighted by Gasteiger charge is 2.22. The molecule has 1 aromatic heterocycles. The van der Waals surface area contributed by atoms with Crippen molar-refractivity contribution in [2.75, 3.05) is 23.9 Å². The highest BCUT2D eigenvalue weighted by Crippen LogP contribution is 2.15. The Hall–Kier alpha value is -1.87. The van der Waals surface area contributed by atoms with Crippen molar-refractivity contribution in [2.24, 2.45) is 0 Å². The van der Waals surface area contributed by atoms with Gasteiger partial charge in [-0.1, -0.05) is 0 Å². The highest BCUT2D eigenvalue weighted by molar-refractivity contribution is 7.88. The molecule has 0 aromatic carbocycles. The van der Waals surface area contributed by atoms with Crippen LogP contribution in [0.25, 0.3) is 0 Å². The lowest BCUT2D eigenvalue weighted by Crippen LogP contribution is -2.47. The number of rotatable bonds is 6. The minimum absolute atomic E-state index is 0.0589. The van der Waals surface area contributed by atoms with Crippen LogP contribution in [0, 0.1) is 0 Å². The third-order valence-corrected chi connectivity index (χ3v) is 3.26. The average Bonchev–Trinajstić information content (AvgIpc) is 2.24. The first-order valence-electron chi connectivity index (χ1n) is 5.72. The number of sulfonamides is 1. The maximum Gasteiger partial charge on any atom is 0.337 e. The molecule has 0 bridgehead atoms. The first-order chi connectivity index (χ1) is 9.00. The molecule has 0 radical (unpaired) electrons. The van der Waals surface area contributed by atoms with Gasteiger partial charge >= 0.3 is 5.97 Å². The normalized spacial score (nSPS) is 12.2. The van der Waals surface area contributed by atoms with Gasteiger partial charge in [0.15, 0.2) is 0 Å². The van der Waals surface area contributed by atoms with E-state index < -0.39 is 21.5 Å². The molecule has 0 spiro atoms. The Labute approximate surface area is 117 Å². The summed E-state index contributed by atoms with van der Waals surface area (Å²) in [6.45, 7) is 3.61. The van der Waals surface area contributed by atoms with Crippen molar-refractivity contribution in [3.05, 3.63) is 17.8 Å². The molecule has 0 unspecified atom stereocenters. The summed E-state index contributed by atoms with van der Waals surface area (Å²) in [4.78, 5) is 14.9. The van der Waals surface area contributed by atoms with Crippen molar-refractivity contribution in [1.82, 2.24) is 9.71 Å². The Morgan fingerprint density at radius 2 is 2.10 bits per heavy atom. The van der Waals surface area contributed by atoms with Crippen molar-refractivity contribution in [2.45, 2.75) is 19.4 Å². The van der Waals surface area contributed by atoms with Gasteiger partial charge in [0.1, 0.15) is 5.82 Å². The third kappa shape index (κ3) is 5.02. The van der Waals surface area contributed by atoms with Crippen molar-refractivity contribution in [3.8, 4) is 0 Å². The van der Waals surface area contributed by atoms with Gasteiger partial charge < -0.3 is 16.2 Å². The predicted octanol–water partition coefficient (Wildman–Crippen LogP) is 0.102. The Balaban J connectivity index is 2.80. The molecule has 8 nitrogen and oxygen atoms in total. The fourth-order valence-corrected chi connectivity index (χ4v) is 2.67. The zero-order valence-electron chi connectivity index (χ0n) is 11.5. The van der Waals surface area contributed by atoms with Crippen LogP contribution in [0.3, 0.4) is 0 Å². The van der Waals surface area contributed by atoms with Gasteiger partial charge in [0.25, 0.3) is 0 Å². The fraction of sp³-hybridized carbons (Fsp3) is 0.455. The quantitative estimate of drug-likeness (QED) is 0.585. The van der Waals surface area contributed by atoms with E-state index in [0.29, 0.717) is 5.82 Å². The van der Waals surface area contributed by atoms with E-state index in [0.717, 1.165) is 6.26 Å². The van der Waals surface area contributed by atoms with E-state index >= 15 is 0 Å². The molecule has 9 heteroatoms. The second-order valence-electron chi connectivity index (χ2n) is 5.07. The van der Waals surface area contributed by atoms with Gasteiger partial charge in [-0.25, -0.2) is 22.9 Å². The van der Waals surface area contributed by atoms with E-state index in [1.807, 2.05) is 0 Å². The number of pyridine rings is 1. The first kappa shape index (κ1) is 16.2. The first-order valence-corrected chi connectivity index (χ1v) is 7.61. The van der Waals surface area contributed by atoms with E-state index in [2.05, 4.69) is 15.0 Å². The van der Waals surface area contributed by atoms with Gasteiger partial charge in [-0.05, 0) is 19.9 Å². The highest BCUT2D eigenvalue weighted by atomic mass is 32.2. The average molecular weight is 302 g/mol. The van der Waals surface area contributed by atoms with Crippen molar-refractivity contribution < 1.29 is 18.3 Å². The lowest BCUT2D eigenvalue weighted by atomic mass is 10.1. The molecule has 0 saturated heterocycles. The Morgan fingerprint density at radius 1 is 1.50 bits per heavy atom. The number of hydrogen-bond donors (Lipinski definition) is 4. The van der Waals surface area contributed by atoms with Crippen molar-refractivity contribution in [3.63, 3.8) is 0 Å². The number of aromatic nitrogens is 1. The van der Waals surface area contributed by atoms with Gasteiger partial charge in [-0.2, -0.15) is 0 Å². The summed E-state index contributed by atoms with van der Waals surface area (Å²) in [5.74, 6) is -0.846. The maximum absolute atomic E-state index is 11.2. The molecule has 20 heavy (non-hydrogen) atoms. The van der Waals surface area contributed by atoms with Crippen LogP contribution >= 0.6 is 0 Å². The van der Waals surface area contributed by atoms with Gasteiger partial charge in [0, 0.05) is 12.1 Å². The van der Waals surface area contributed by atoms with Crippen LogP contribution in [0.5, 0.6) is 0 Å². The molecule has 0 aliphatic carbocycles. The number of aromatic carboxylic acids is 1. The molecular formula is C11H18N4O4S. The second kappa shape index (κ2) is 5.63. The molecule has 0 saturated carbocycles. The Kier molecular flexibility index (Phi) is 4.56. The minimum atomic E-state index is -3.34. The van der Waals surface area contributed by atoms with Crippen LogP contribution in [0.4, 0.5) is 11.5 Å². The summed E-state index contributed by atoms with van der Waals surface area (Å²) in [6.07, 6.45) is 2.31. The number of nitrogens with two attached hydrogens (primary N) is 1. The summed E-state index contributed by atoms with van der Waals surface area (Å²) in [5, 5.41) is 11.8. The molecule has 112 valence electrons. The van der Waals surface area contributed by atoms with E-state index in [1.165, 1.54) is 12.3 Å². The van der Waals surface area contributed by atoms with Crippen LogP contribution in [-0.2, 0) is 10.0 Å². The third-order valence-electron chi connectivity index (χ3n) is 2.34. The second-order valence-corrected chi connectivity index (χ2v) is 6.82. The lowest BCUT2D eigenvalue weighted by molar-refractivity contribution is 0.0698. The number of nitrogens with one attached hydrogen (secondary N) is 2. The molecule has 1 aromatic rings. The Morgan fingerprint density at radius 3 is 2.60 bits per heavy atom. The molecule has 0 fully saturated rings. The molecular weight excluding hydrogens is 284 g/mol. The monoisotopic (exact) mass is 302 g/mol. The van der Waals surface area contributed by atoms with E-state index in [9.17, 15) is 13.2 Å². The molecule has 1 heterocycles. The summed E-state index contributed by atoms with van der Waals surface area (Å²) >= 11 is 0. The summed E-state index contributed by atoms with van der Waals surface area (Å²) in [7, 11) is -3.34. The molecule has 0 aliphatic rings. The van der Waals surface area contributed by atoms with E-state index in [4.69, 9.17) is 10.8 Å². The molecule has 0 aliphatic heterocycles. The number of hydrogen-bond acceptors (Lipinski definition) is 6. The topological polar surface area (TPSA) is 134 Å². The van der Waals surface area contributed by atoms with E-state index in [-0.39, 0.29) is 17.8 Å². The number of carboxylic acid groups (broad SMARTS) is 1. The van der Waals surface area contributed by atoms with Crippen molar-refractivity contribution in [1.29, 1.82) is 0 Å². The van der Waals surface area contributed by atoms with Crippen LogP contribution in [0.1, 0.15) is 24.2 Å². The minimum Gasteiger partial charge on any atom is -0.478 e. The smallest absolute Gasteiger partial charge is 0.337 e. The number of carboxylic acids is 1. The van der Waals surface area contributed by atoms with E-state index in [1.54, 1.807) is 13.8 Å². The number of nitrogens with zero attached hydrogens (tertiary/aromatic N) is 1. The van der Waals surface area contributed by atoms with Gasteiger partial charge in [-0.3, -0.25) is 0 Å². The largest absolute Gasteiger partial charge is 0.478 e. The zero-order chi connectivity index (χ0) is 15.6. The lowest BCUT2D eigenvalue weighted by Gasteiger charge is -2.25. The number of carbonyl (C=O) groups is 1. The molecule has 0 amide bonds. The zero-order valence-corrected chi connectivity index (χ0v) is 12.3. The SMILES string of the molecule is CC(C)(CNc1cc(C(=O)O)c(N)cn1)NS(C)(=O)=O. The van der Waals surface area contributed by atoms with Gasteiger partial charge in [0.2, 0.25) is 10.0 Å². The maximum atomic E-state index is 11.2.